The van der Waals surface area contributed by atoms with E-state index in [9.17, 15) is 4.79 Å². The Morgan fingerprint density at radius 3 is 2.50 bits per heavy atom. The Labute approximate surface area is 169 Å². The zero-order valence-electron chi connectivity index (χ0n) is 15.1. The van der Waals surface area contributed by atoms with Crippen LogP contribution in [-0.2, 0) is 10.5 Å². The van der Waals surface area contributed by atoms with Crippen molar-refractivity contribution in [1.82, 2.24) is 5.32 Å². The number of benzene rings is 2. The van der Waals surface area contributed by atoms with Crippen LogP contribution in [0.4, 0.5) is 0 Å². The second kappa shape index (κ2) is 10.1. The van der Waals surface area contributed by atoms with E-state index in [1.54, 1.807) is 18.7 Å². The molecule has 1 amide bonds. The van der Waals surface area contributed by atoms with E-state index in [0.717, 1.165) is 16.9 Å². The second-order valence-corrected chi connectivity index (χ2v) is 7.97. The van der Waals surface area contributed by atoms with Crippen molar-refractivity contribution in [2.24, 2.45) is 0 Å². The number of thioether (sulfide) groups is 1. The van der Waals surface area contributed by atoms with Gasteiger partial charge in [-0.2, -0.15) is 11.8 Å². The normalized spacial score (nSPS) is 11.9. The van der Waals surface area contributed by atoms with Crippen LogP contribution in [0.5, 0.6) is 5.75 Å². The van der Waals surface area contributed by atoms with Gasteiger partial charge in [-0.05, 0) is 61.7 Å². The van der Waals surface area contributed by atoms with Crippen molar-refractivity contribution in [2.45, 2.75) is 32.6 Å². The van der Waals surface area contributed by atoms with Crippen LogP contribution in [-0.4, -0.2) is 24.3 Å². The summed E-state index contributed by atoms with van der Waals surface area (Å²) in [5.41, 5.74) is 3.27. The van der Waals surface area contributed by atoms with E-state index in [-0.39, 0.29) is 5.91 Å². The molecule has 2 aromatic rings. The first-order valence-electron chi connectivity index (χ1n) is 8.40. The lowest BCUT2D eigenvalue weighted by atomic mass is 10.1. The maximum atomic E-state index is 12.2. The van der Waals surface area contributed by atoms with Crippen LogP contribution >= 0.6 is 35.0 Å². The van der Waals surface area contributed by atoms with E-state index in [2.05, 4.69) is 5.32 Å². The Morgan fingerprint density at radius 2 is 1.85 bits per heavy atom. The van der Waals surface area contributed by atoms with Gasteiger partial charge in [-0.25, -0.2) is 0 Å². The fourth-order valence-corrected chi connectivity index (χ4v) is 3.87. The first kappa shape index (κ1) is 20.9. The number of hydrogen-bond donors (Lipinski definition) is 1. The third kappa shape index (κ3) is 6.11. The summed E-state index contributed by atoms with van der Waals surface area (Å²) in [5.74, 6) is 2.06. The summed E-state index contributed by atoms with van der Waals surface area (Å²) in [6, 6.07) is 11.3. The number of aryl methyl sites for hydroxylation is 2. The van der Waals surface area contributed by atoms with Gasteiger partial charge in [0, 0.05) is 28.1 Å². The maximum absolute atomic E-state index is 12.2. The summed E-state index contributed by atoms with van der Waals surface area (Å²) < 4.78 is 5.72. The molecule has 0 heterocycles. The number of nitrogens with one attached hydrogen (secondary N) is 1. The molecule has 0 saturated heterocycles. The van der Waals surface area contributed by atoms with Gasteiger partial charge in [-0.3, -0.25) is 4.79 Å². The van der Waals surface area contributed by atoms with Gasteiger partial charge in [0.25, 0.3) is 5.91 Å². The Bertz CT molecular complexity index is 747. The van der Waals surface area contributed by atoms with Crippen molar-refractivity contribution in [3.05, 3.63) is 63.1 Å². The molecule has 0 aliphatic carbocycles. The molecule has 2 aromatic carbocycles. The number of carbonyl (C=O) groups excluding carboxylic acids is 1. The standard InChI is InChI=1S/C20H23Cl2NO2S/c1-13-7-8-16(11-14(13)2)25-15(3)20(24)23-9-10-26-12-17-18(21)5-4-6-19(17)22/h4-8,11,15H,9-10,12H2,1-3H3,(H,23,24)/t15-/m0/s1. The summed E-state index contributed by atoms with van der Waals surface area (Å²) in [6.45, 7) is 6.38. The third-order valence-corrected chi connectivity index (χ3v) is 5.71. The first-order valence-corrected chi connectivity index (χ1v) is 10.3. The van der Waals surface area contributed by atoms with Crippen molar-refractivity contribution >= 4 is 40.9 Å². The number of amides is 1. The Hall–Kier alpha value is -1.36. The monoisotopic (exact) mass is 411 g/mol. The van der Waals surface area contributed by atoms with Crippen molar-refractivity contribution in [3.8, 4) is 5.75 Å². The van der Waals surface area contributed by atoms with Crippen molar-refractivity contribution in [3.63, 3.8) is 0 Å². The molecule has 6 heteroatoms. The highest BCUT2D eigenvalue weighted by atomic mass is 35.5. The minimum absolute atomic E-state index is 0.125. The van der Waals surface area contributed by atoms with Crippen LogP contribution in [0.1, 0.15) is 23.6 Å². The number of halogens is 2. The number of hydrogen-bond acceptors (Lipinski definition) is 3. The zero-order valence-corrected chi connectivity index (χ0v) is 17.5. The van der Waals surface area contributed by atoms with Crippen LogP contribution in [0, 0.1) is 13.8 Å². The van der Waals surface area contributed by atoms with Gasteiger partial charge < -0.3 is 10.1 Å². The first-order chi connectivity index (χ1) is 12.4. The molecule has 0 aliphatic heterocycles. The summed E-state index contributed by atoms with van der Waals surface area (Å²) in [4.78, 5) is 12.2. The molecule has 1 N–H and O–H groups in total. The molecule has 0 fully saturated rings. The van der Waals surface area contributed by atoms with Gasteiger partial charge >= 0.3 is 0 Å². The predicted octanol–water partition coefficient (Wildman–Crippen LogP) is 5.43. The molecule has 0 aliphatic rings. The fraction of sp³-hybridized carbons (Fsp3) is 0.350. The molecule has 0 radical (unpaired) electrons. The molecule has 0 saturated carbocycles. The molecule has 2 rings (SSSR count). The lowest BCUT2D eigenvalue weighted by Crippen LogP contribution is -2.37. The number of carbonyl (C=O) groups is 1. The fourth-order valence-electron chi connectivity index (χ4n) is 2.28. The van der Waals surface area contributed by atoms with E-state index in [4.69, 9.17) is 27.9 Å². The summed E-state index contributed by atoms with van der Waals surface area (Å²) in [5, 5.41) is 4.24. The molecular formula is C20H23Cl2NO2S. The largest absolute Gasteiger partial charge is 0.481 e. The smallest absolute Gasteiger partial charge is 0.260 e. The van der Waals surface area contributed by atoms with Gasteiger partial charge in [0.2, 0.25) is 0 Å². The molecule has 0 bridgehead atoms. The van der Waals surface area contributed by atoms with E-state index in [1.807, 2.05) is 50.2 Å². The van der Waals surface area contributed by atoms with E-state index >= 15 is 0 Å². The maximum Gasteiger partial charge on any atom is 0.260 e. The van der Waals surface area contributed by atoms with E-state index in [1.165, 1.54) is 5.56 Å². The molecule has 26 heavy (non-hydrogen) atoms. The van der Waals surface area contributed by atoms with Crippen LogP contribution in [0.2, 0.25) is 10.0 Å². The lowest BCUT2D eigenvalue weighted by molar-refractivity contribution is -0.127. The van der Waals surface area contributed by atoms with Crippen molar-refractivity contribution in [2.75, 3.05) is 12.3 Å². The van der Waals surface area contributed by atoms with Crippen molar-refractivity contribution in [1.29, 1.82) is 0 Å². The summed E-state index contributed by atoms with van der Waals surface area (Å²) in [6.07, 6.45) is -0.542. The van der Waals surface area contributed by atoms with E-state index in [0.29, 0.717) is 28.1 Å². The molecule has 0 unspecified atom stereocenters. The highest BCUT2D eigenvalue weighted by Gasteiger charge is 2.14. The Morgan fingerprint density at radius 1 is 1.15 bits per heavy atom. The summed E-state index contributed by atoms with van der Waals surface area (Å²) >= 11 is 14.0. The third-order valence-electron chi connectivity index (χ3n) is 4.01. The lowest BCUT2D eigenvalue weighted by Gasteiger charge is -2.15. The molecule has 0 aromatic heterocycles. The average molecular weight is 412 g/mol. The number of rotatable bonds is 8. The van der Waals surface area contributed by atoms with E-state index < -0.39 is 6.10 Å². The zero-order chi connectivity index (χ0) is 19.1. The molecule has 1 atom stereocenters. The van der Waals surface area contributed by atoms with Crippen LogP contribution in [0.25, 0.3) is 0 Å². The van der Waals surface area contributed by atoms with Crippen LogP contribution < -0.4 is 10.1 Å². The molecule has 0 spiro atoms. The molecule has 3 nitrogen and oxygen atoms in total. The highest BCUT2D eigenvalue weighted by molar-refractivity contribution is 7.98. The molecular weight excluding hydrogens is 389 g/mol. The minimum atomic E-state index is -0.542. The second-order valence-electron chi connectivity index (χ2n) is 6.05. The van der Waals surface area contributed by atoms with Crippen molar-refractivity contribution < 1.29 is 9.53 Å². The van der Waals surface area contributed by atoms with Gasteiger partial charge in [0.05, 0.1) is 0 Å². The quantitative estimate of drug-likeness (QED) is 0.588. The minimum Gasteiger partial charge on any atom is -0.481 e. The highest BCUT2D eigenvalue weighted by Crippen LogP contribution is 2.28. The SMILES string of the molecule is Cc1ccc(O[C@@H](C)C(=O)NCCSCc2c(Cl)cccc2Cl)cc1C. The Kier molecular flexibility index (Phi) is 8.14. The van der Waals surface area contributed by atoms with Crippen LogP contribution in [0.15, 0.2) is 36.4 Å². The Balaban J connectivity index is 1.71. The van der Waals surface area contributed by atoms with Gasteiger partial charge in [0.15, 0.2) is 6.10 Å². The van der Waals surface area contributed by atoms with Gasteiger partial charge in [-0.15, -0.1) is 0 Å². The summed E-state index contributed by atoms with van der Waals surface area (Å²) in [7, 11) is 0. The topological polar surface area (TPSA) is 38.3 Å². The average Bonchev–Trinajstić information content (AvgIpc) is 2.60. The van der Waals surface area contributed by atoms with Crippen LogP contribution in [0.3, 0.4) is 0 Å². The number of ether oxygens (including phenoxy) is 1. The van der Waals surface area contributed by atoms with Gasteiger partial charge in [0.1, 0.15) is 5.75 Å². The van der Waals surface area contributed by atoms with Gasteiger partial charge in [-0.1, -0.05) is 35.3 Å². The predicted molar refractivity (Wildman–Crippen MR) is 112 cm³/mol. The molecule has 140 valence electrons.